The molecule has 1 heterocycles. The number of esters is 1. The van der Waals surface area contributed by atoms with Gasteiger partial charge in [-0.15, -0.1) is 19.3 Å². The second kappa shape index (κ2) is 19.7. The van der Waals surface area contributed by atoms with Gasteiger partial charge < -0.3 is 35.1 Å². The van der Waals surface area contributed by atoms with Crippen molar-refractivity contribution in [1.82, 2.24) is 9.58 Å². The van der Waals surface area contributed by atoms with E-state index in [1.54, 1.807) is 13.8 Å². The van der Waals surface area contributed by atoms with E-state index in [0.29, 0.717) is 29.9 Å². The van der Waals surface area contributed by atoms with Crippen LogP contribution >= 0.6 is 7.82 Å². The van der Waals surface area contributed by atoms with Gasteiger partial charge in [-0.3, -0.25) is 14.6 Å². The van der Waals surface area contributed by atoms with Crippen LogP contribution in [0.5, 0.6) is 5.75 Å². The molecule has 15 nitrogen and oxygen atoms in total. The summed E-state index contributed by atoms with van der Waals surface area (Å²) in [6, 6.07) is 10.3. The molecule has 0 atom stereocenters. The van der Waals surface area contributed by atoms with Gasteiger partial charge in [0.15, 0.2) is 0 Å². The molecule has 4 N–H and O–H groups in total. The van der Waals surface area contributed by atoms with Crippen molar-refractivity contribution < 1.29 is 124 Å². The monoisotopic (exact) mass is 704 g/mol. The zero-order chi connectivity index (χ0) is 33.3. The minimum Gasteiger partial charge on any atom is -0.684 e. The first-order valence-corrected chi connectivity index (χ1v) is 15.3. The van der Waals surface area contributed by atoms with Crippen molar-refractivity contribution >= 4 is 43.0 Å². The van der Waals surface area contributed by atoms with Crippen molar-refractivity contribution in [1.29, 1.82) is 0 Å². The van der Waals surface area contributed by atoms with Crippen molar-refractivity contribution in [2.75, 3.05) is 26.9 Å². The number of carbonyl (C=O) groups is 3. The maximum Gasteiger partial charge on any atom is 1.00 e. The Morgan fingerprint density at radius 1 is 1.06 bits per heavy atom. The van der Waals surface area contributed by atoms with E-state index >= 15 is 0 Å². The average Bonchev–Trinajstić information content (AvgIpc) is 3.33. The van der Waals surface area contributed by atoms with Crippen LogP contribution in [-0.2, 0) is 14.0 Å². The first-order chi connectivity index (χ1) is 21.3. The minimum absolute atomic E-state index is 0. The molecular weight excluding hydrogens is 669 g/mol. The Labute approximate surface area is 337 Å². The van der Waals surface area contributed by atoms with Crippen molar-refractivity contribution in [3.63, 3.8) is 0 Å². The first-order valence-electron chi connectivity index (χ1n) is 13.7. The molecule has 47 heavy (non-hydrogen) atoms. The Balaban J connectivity index is 0.00000552. The summed E-state index contributed by atoms with van der Waals surface area (Å²) in [6.07, 6.45) is 0.813. The topological polar surface area (TPSA) is 211 Å². The van der Waals surface area contributed by atoms with Gasteiger partial charge in [0.2, 0.25) is 6.79 Å². The third-order valence-corrected chi connectivity index (χ3v) is 6.75. The van der Waals surface area contributed by atoms with Crippen LogP contribution in [0.2, 0.25) is 0 Å². The number of amidine groups is 1. The van der Waals surface area contributed by atoms with Crippen LogP contribution in [0.1, 0.15) is 57.8 Å². The second-order valence-electron chi connectivity index (χ2n) is 9.53. The summed E-state index contributed by atoms with van der Waals surface area (Å²) < 4.78 is 26.8. The normalized spacial score (nSPS) is 11.0. The van der Waals surface area contributed by atoms with E-state index in [9.17, 15) is 18.9 Å². The molecule has 3 rings (SSSR count). The van der Waals surface area contributed by atoms with Gasteiger partial charge in [-0.1, -0.05) is 32.0 Å². The van der Waals surface area contributed by atoms with Crippen molar-refractivity contribution in [3.8, 4) is 5.75 Å². The third-order valence-electron chi connectivity index (χ3n) is 6.30. The fourth-order valence-corrected chi connectivity index (χ4v) is 4.57. The fraction of sp³-hybridized carbons (Fsp3) is 0.310. The number of imide groups is 1. The maximum absolute atomic E-state index is 13.6. The van der Waals surface area contributed by atoms with Crippen LogP contribution in [0.4, 0.5) is 16.2 Å². The van der Waals surface area contributed by atoms with E-state index in [1.165, 1.54) is 30.1 Å². The first kappa shape index (κ1) is 42.8. The van der Waals surface area contributed by atoms with Crippen molar-refractivity contribution in [3.05, 3.63) is 87.4 Å². The summed E-state index contributed by atoms with van der Waals surface area (Å²) in [5, 5.41) is 4.40. The SMILES string of the molecule is CCCN(C(=O)OCOC(=O)c1ccc(OP(=O)(O)O)cc1)C(=O)c1cn([N-]C)c(C(N)=Nc2cc([N-]CC)ccc2C)c1C.[K+].[Na+]. The predicted molar refractivity (Wildman–Crippen MR) is 166 cm³/mol. The summed E-state index contributed by atoms with van der Waals surface area (Å²) in [6.45, 7) is 7.06. The number of aliphatic imine (C=N–C) groups is 1. The second-order valence-corrected chi connectivity index (χ2v) is 10.7. The largest absolute Gasteiger partial charge is 1.00 e. The zero-order valence-electron chi connectivity index (χ0n) is 27.5. The number of phosphoric acid groups is 1. The van der Waals surface area contributed by atoms with Crippen LogP contribution in [0.25, 0.3) is 10.7 Å². The molecule has 0 saturated carbocycles. The molecule has 0 spiro atoms. The number of carbonyl (C=O) groups excluding carboxylic acids is 3. The Bertz CT molecular complexity index is 1630. The number of amides is 2. The number of phosphoric ester groups is 1. The van der Waals surface area contributed by atoms with E-state index in [1.807, 2.05) is 32.0 Å². The van der Waals surface area contributed by atoms with E-state index in [2.05, 4.69) is 20.3 Å². The minimum atomic E-state index is -4.76. The quantitative estimate of drug-likeness (QED) is 0.0504. The summed E-state index contributed by atoms with van der Waals surface area (Å²) in [5.74, 6) is -1.63. The number of aryl methyl sites for hydroxylation is 1. The molecule has 0 unspecified atom stereocenters. The number of ether oxygens (including phenoxy) is 2. The standard InChI is InChI=1S/C29H35N6O9P.K.Na/c1-6-14-34(29(38)43-17-42-28(37)20-9-12-22(13-10-20)44-45(39,40)41)27(36)23-16-35(31-5)25(19(23)4)26(30)33-24-15-21(32-7-2)11-8-18(24)3;;/h8-13,15-16H,6-7,14,17H2,1-5H3,(H2,30,33)(H2,39,40,41);;/q-2;2*+1. The number of benzene rings is 2. The molecule has 2 amide bonds. The third kappa shape index (κ3) is 12.0. The molecule has 0 fully saturated rings. The molecule has 2 aromatic carbocycles. The van der Waals surface area contributed by atoms with Gasteiger partial charge in [0.25, 0.3) is 5.91 Å². The molecule has 0 radical (unpaired) electrons. The summed E-state index contributed by atoms with van der Waals surface area (Å²) in [5.41, 5.74) is 13.8. The van der Waals surface area contributed by atoms with Crippen LogP contribution < -0.4 is 91.2 Å². The molecule has 0 aliphatic rings. The van der Waals surface area contributed by atoms with Crippen molar-refractivity contribution in [2.24, 2.45) is 10.7 Å². The summed E-state index contributed by atoms with van der Waals surface area (Å²) in [7, 11) is -3.25. The number of nitrogens with two attached hydrogens (primary N) is 1. The average molecular weight is 705 g/mol. The van der Waals surface area contributed by atoms with Gasteiger partial charge in [-0.05, 0) is 55.7 Å². The number of rotatable bonds is 13. The molecule has 0 saturated heterocycles. The molecule has 242 valence electrons. The molecule has 0 aliphatic carbocycles. The van der Waals surface area contributed by atoms with Gasteiger partial charge >= 0.3 is 101 Å². The van der Waals surface area contributed by atoms with Crippen LogP contribution in [0, 0.1) is 13.8 Å². The maximum atomic E-state index is 13.6. The predicted octanol–water partition coefficient (Wildman–Crippen LogP) is -0.784. The van der Waals surface area contributed by atoms with E-state index in [4.69, 9.17) is 25.0 Å². The molecule has 0 bridgehead atoms. The Morgan fingerprint density at radius 3 is 2.30 bits per heavy atom. The number of aromatic nitrogens is 1. The summed E-state index contributed by atoms with van der Waals surface area (Å²) >= 11 is 0. The van der Waals surface area contributed by atoms with Gasteiger partial charge in [-0.2, -0.15) is 0 Å². The number of hydrogen-bond acceptors (Lipinski definition) is 8. The van der Waals surface area contributed by atoms with Crippen LogP contribution in [0.15, 0.2) is 53.7 Å². The summed E-state index contributed by atoms with van der Waals surface area (Å²) in [4.78, 5) is 62.0. The molecular formula is C29H35KN6NaO9P. The molecule has 3 aromatic rings. The van der Waals surface area contributed by atoms with Gasteiger partial charge in [0.05, 0.1) is 22.5 Å². The fourth-order valence-electron chi connectivity index (χ4n) is 4.18. The van der Waals surface area contributed by atoms with E-state index < -0.39 is 32.6 Å². The number of hydrogen-bond donors (Lipinski definition) is 3. The van der Waals surface area contributed by atoms with Crippen LogP contribution in [-0.4, -0.2) is 70.1 Å². The molecule has 1 aromatic heterocycles. The number of nitrogens with zero attached hydrogens (tertiary/aromatic N) is 5. The van der Waals surface area contributed by atoms with Gasteiger partial charge in [-0.25, -0.2) is 24.0 Å². The molecule has 18 heteroatoms. The van der Waals surface area contributed by atoms with E-state index in [-0.39, 0.29) is 110 Å². The smallest absolute Gasteiger partial charge is 0.684 e. The Morgan fingerprint density at radius 2 is 1.72 bits per heavy atom. The van der Waals surface area contributed by atoms with Crippen molar-refractivity contribution in [2.45, 2.75) is 34.1 Å². The van der Waals surface area contributed by atoms with Gasteiger partial charge in [0.1, 0.15) is 11.6 Å². The van der Waals surface area contributed by atoms with E-state index in [0.717, 1.165) is 28.3 Å². The Hall–Kier alpha value is -2.21. The van der Waals surface area contributed by atoms with Gasteiger partial charge in [0, 0.05) is 12.7 Å². The van der Waals surface area contributed by atoms with Crippen LogP contribution in [0.3, 0.4) is 0 Å². The Kier molecular flexibility index (Phi) is 17.9. The molecule has 0 aliphatic heterocycles. The zero-order valence-corrected chi connectivity index (χ0v) is 33.5.